The quantitative estimate of drug-likeness (QED) is 0.458. The number of non-ortho nitro benzene ring substituents is 1. The van der Waals surface area contributed by atoms with Gasteiger partial charge in [-0.05, 0) is 25.8 Å². The van der Waals surface area contributed by atoms with Crippen LogP contribution in [0.2, 0.25) is 0 Å². The minimum atomic E-state index is -0.382. The normalized spacial score (nSPS) is 10.1. The first-order chi connectivity index (χ1) is 7.69. The van der Waals surface area contributed by atoms with Crippen LogP contribution in [0.4, 0.5) is 5.69 Å². The van der Waals surface area contributed by atoms with Gasteiger partial charge in [0.25, 0.3) is 5.69 Å². The van der Waals surface area contributed by atoms with Crippen LogP contribution in [0, 0.1) is 10.1 Å². The van der Waals surface area contributed by atoms with Crippen molar-refractivity contribution in [1.29, 1.82) is 0 Å². The third-order valence-corrected chi connectivity index (χ3v) is 2.70. The van der Waals surface area contributed by atoms with Gasteiger partial charge in [0.1, 0.15) is 5.75 Å². The van der Waals surface area contributed by atoms with Crippen LogP contribution in [-0.2, 0) is 6.42 Å². The fraction of sp³-hybridized carbons (Fsp3) is 0.455. The van der Waals surface area contributed by atoms with E-state index in [9.17, 15) is 10.1 Å². The number of nitro benzene ring substituents is 1. The maximum atomic E-state index is 10.7. The van der Waals surface area contributed by atoms with E-state index in [1.807, 2.05) is 6.92 Å². The van der Waals surface area contributed by atoms with E-state index in [1.165, 1.54) is 6.07 Å². The molecule has 16 heavy (non-hydrogen) atoms. The van der Waals surface area contributed by atoms with E-state index < -0.39 is 0 Å². The lowest BCUT2D eigenvalue weighted by molar-refractivity contribution is -0.384. The Morgan fingerprint density at radius 1 is 1.50 bits per heavy atom. The molecule has 0 amide bonds. The predicted octanol–water partition coefficient (Wildman–Crippen LogP) is 3.32. The highest BCUT2D eigenvalue weighted by atomic mass is 79.9. The molecule has 0 bridgehead atoms. The zero-order valence-electron chi connectivity index (χ0n) is 9.11. The van der Waals surface area contributed by atoms with Crippen LogP contribution >= 0.6 is 15.9 Å². The van der Waals surface area contributed by atoms with Crippen molar-refractivity contribution in [1.82, 2.24) is 0 Å². The van der Waals surface area contributed by atoms with Crippen LogP contribution < -0.4 is 4.74 Å². The number of aryl methyl sites for hydroxylation is 1. The van der Waals surface area contributed by atoms with Gasteiger partial charge >= 0.3 is 0 Å². The lowest BCUT2D eigenvalue weighted by Gasteiger charge is -2.09. The first kappa shape index (κ1) is 13.0. The van der Waals surface area contributed by atoms with Crippen molar-refractivity contribution in [3.05, 3.63) is 33.9 Å². The number of alkyl halides is 1. The molecule has 0 aliphatic carbocycles. The lowest BCUT2D eigenvalue weighted by atomic mass is 10.1. The molecule has 88 valence electrons. The molecule has 1 aromatic carbocycles. The molecule has 0 atom stereocenters. The van der Waals surface area contributed by atoms with Gasteiger partial charge in [0.05, 0.1) is 11.5 Å². The van der Waals surface area contributed by atoms with Crippen molar-refractivity contribution in [3.8, 4) is 5.75 Å². The Hall–Kier alpha value is -1.10. The van der Waals surface area contributed by atoms with E-state index in [0.29, 0.717) is 6.61 Å². The van der Waals surface area contributed by atoms with E-state index in [2.05, 4.69) is 15.9 Å². The molecule has 1 rings (SSSR count). The smallest absolute Gasteiger partial charge is 0.269 e. The highest BCUT2D eigenvalue weighted by Gasteiger charge is 2.11. The van der Waals surface area contributed by atoms with Gasteiger partial charge in [0, 0.05) is 23.0 Å². The average molecular weight is 288 g/mol. The largest absolute Gasteiger partial charge is 0.494 e. The molecule has 0 heterocycles. The third-order valence-electron chi connectivity index (χ3n) is 2.13. The zero-order chi connectivity index (χ0) is 12.0. The molecule has 0 radical (unpaired) electrons. The van der Waals surface area contributed by atoms with Gasteiger partial charge in [-0.15, -0.1) is 0 Å². The fourth-order valence-electron chi connectivity index (χ4n) is 1.43. The maximum absolute atomic E-state index is 10.7. The summed E-state index contributed by atoms with van der Waals surface area (Å²) in [5.74, 6) is 0.744. The van der Waals surface area contributed by atoms with Crippen LogP contribution in [0.5, 0.6) is 5.75 Å². The number of nitro groups is 1. The molecule has 0 N–H and O–H groups in total. The van der Waals surface area contributed by atoms with Crippen molar-refractivity contribution in [3.63, 3.8) is 0 Å². The Bertz CT molecular complexity index is 368. The monoisotopic (exact) mass is 287 g/mol. The van der Waals surface area contributed by atoms with Crippen LogP contribution in [0.25, 0.3) is 0 Å². The molecule has 0 fully saturated rings. The Kier molecular flexibility index (Phi) is 5.25. The van der Waals surface area contributed by atoms with Gasteiger partial charge in [-0.25, -0.2) is 0 Å². The number of halogens is 1. The van der Waals surface area contributed by atoms with E-state index in [1.54, 1.807) is 12.1 Å². The maximum Gasteiger partial charge on any atom is 0.269 e. The van der Waals surface area contributed by atoms with E-state index in [-0.39, 0.29) is 10.6 Å². The SMILES string of the molecule is CCOc1ccc([N+](=O)[O-])cc1CCCBr. The second-order valence-electron chi connectivity index (χ2n) is 3.27. The molecule has 5 heteroatoms. The molecular weight excluding hydrogens is 274 g/mol. The summed E-state index contributed by atoms with van der Waals surface area (Å²) in [4.78, 5) is 10.3. The Labute approximate surface area is 103 Å². The summed E-state index contributed by atoms with van der Waals surface area (Å²) < 4.78 is 5.43. The molecule has 0 spiro atoms. The Morgan fingerprint density at radius 3 is 2.81 bits per heavy atom. The summed E-state index contributed by atoms with van der Waals surface area (Å²) in [6.07, 6.45) is 1.71. The lowest BCUT2D eigenvalue weighted by Crippen LogP contribution is -1.99. The van der Waals surface area contributed by atoms with Crippen molar-refractivity contribution in [2.24, 2.45) is 0 Å². The third kappa shape index (κ3) is 3.48. The molecule has 1 aromatic rings. The van der Waals surface area contributed by atoms with Gasteiger partial charge < -0.3 is 4.74 Å². The summed E-state index contributed by atoms with van der Waals surface area (Å²) in [5.41, 5.74) is 1.02. The highest BCUT2D eigenvalue weighted by Crippen LogP contribution is 2.25. The van der Waals surface area contributed by atoms with Gasteiger partial charge in [-0.1, -0.05) is 15.9 Å². The van der Waals surface area contributed by atoms with Crippen LogP contribution in [0.1, 0.15) is 18.9 Å². The number of nitrogens with zero attached hydrogens (tertiary/aromatic N) is 1. The summed E-state index contributed by atoms with van der Waals surface area (Å²) in [7, 11) is 0. The molecule has 0 saturated carbocycles. The van der Waals surface area contributed by atoms with E-state index >= 15 is 0 Å². The Balaban J connectivity index is 2.95. The number of hydrogen-bond acceptors (Lipinski definition) is 3. The van der Waals surface area contributed by atoms with Gasteiger partial charge in [-0.2, -0.15) is 0 Å². The molecular formula is C11H14BrNO3. The fourth-order valence-corrected chi connectivity index (χ4v) is 1.71. The molecule has 4 nitrogen and oxygen atoms in total. The van der Waals surface area contributed by atoms with Crippen LogP contribution in [-0.4, -0.2) is 16.9 Å². The van der Waals surface area contributed by atoms with Gasteiger partial charge in [0.15, 0.2) is 0 Å². The van der Waals surface area contributed by atoms with Crippen molar-refractivity contribution >= 4 is 21.6 Å². The second kappa shape index (κ2) is 6.48. The second-order valence-corrected chi connectivity index (χ2v) is 4.07. The average Bonchev–Trinajstić information content (AvgIpc) is 2.27. The minimum absolute atomic E-state index is 0.119. The molecule has 0 aliphatic rings. The van der Waals surface area contributed by atoms with Crippen LogP contribution in [0.15, 0.2) is 18.2 Å². The summed E-state index contributed by atoms with van der Waals surface area (Å²) in [6, 6.07) is 4.74. The van der Waals surface area contributed by atoms with Crippen molar-refractivity contribution in [2.75, 3.05) is 11.9 Å². The highest BCUT2D eigenvalue weighted by molar-refractivity contribution is 9.09. The Morgan fingerprint density at radius 2 is 2.25 bits per heavy atom. The van der Waals surface area contributed by atoms with Gasteiger partial charge in [-0.3, -0.25) is 10.1 Å². The zero-order valence-corrected chi connectivity index (χ0v) is 10.7. The van der Waals surface area contributed by atoms with Crippen LogP contribution in [0.3, 0.4) is 0 Å². The number of ether oxygens (including phenoxy) is 1. The van der Waals surface area contributed by atoms with Crippen molar-refractivity contribution < 1.29 is 9.66 Å². The number of rotatable bonds is 6. The molecule has 0 aliphatic heterocycles. The van der Waals surface area contributed by atoms with E-state index in [4.69, 9.17) is 4.74 Å². The number of benzene rings is 1. The van der Waals surface area contributed by atoms with Crippen molar-refractivity contribution in [2.45, 2.75) is 19.8 Å². The minimum Gasteiger partial charge on any atom is -0.494 e. The standard InChI is InChI=1S/C11H14BrNO3/c1-2-16-11-6-5-10(13(14)15)8-9(11)4-3-7-12/h5-6,8H,2-4,7H2,1H3. The molecule has 0 saturated heterocycles. The number of hydrogen-bond donors (Lipinski definition) is 0. The summed E-state index contributed by atoms with van der Waals surface area (Å²) >= 11 is 3.34. The van der Waals surface area contributed by atoms with E-state index in [0.717, 1.165) is 29.5 Å². The summed E-state index contributed by atoms with van der Waals surface area (Å²) in [5, 5.41) is 11.5. The van der Waals surface area contributed by atoms with Gasteiger partial charge in [0.2, 0.25) is 0 Å². The first-order valence-corrected chi connectivity index (χ1v) is 6.27. The molecule has 0 unspecified atom stereocenters. The topological polar surface area (TPSA) is 52.4 Å². The predicted molar refractivity (Wildman–Crippen MR) is 66.4 cm³/mol. The molecule has 0 aromatic heterocycles. The first-order valence-electron chi connectivity index (χ1n) is 5.15. The summed E-state index contributed by atoms with van der Waals surface area (Å²) in [6.45, 7) is 2.47.